The summed E-state index contributed by atoms with van der Waals surface area (Å²) in [6, 6.07) is 12.1. The molecular weight excluding hydrogens is 328 g/mol. The third kappa shape index (κ3) is 3.16. The quantitative estimate of drug-likeness (QED) is 0.839. The van der Waals surface area contributed by atoms with Crippen molar-refractivity contribution >= 4 is 27.5 Å². The first-order valence-electron chi connectivity index (χ1n) is 7.14. The van der Waals surface area contributed by atoms with Gasteiger partial charge in [-0.15, -0.1) is 0 Å². The number of fused-ring (bicyclic) bond motifs is 1. The van der Waals surface area contributed by atoms with Crippen LogP contribution in [0.5, 0.6) is 0 Å². The highest BCUT2D eigenvalue weighted by atomic mass is 79.9. The summed E-state index contributed by atoms with van der Waals surface area (Å²) < 4.78 is 0.782. The van der Waals surface area contributed by atoms with E-state index in [1.807, 2.05) is 25.1 Å². The zero-order chi connectivity index (χ0) is 14.8. The number of carbonyl (C=O) groups excluding carboxylic acids is 1. The fraction of sp³-hybridized carbons (Fsp3) is 0.294. The third-order valence-electron chi connectivity index (χ3n) is 4.03. The van der Waals surface area contributed by atoms with Crippen molar-refractivity contribution in [1.82, 2.24) is 4.98 Å². The number of hydrogen-bond acceptors (Lipinski definition) is 2. The van der Waals surface area contributed by atoms with Crippen LogP contribution in [0.2, 0.25) is 0 Å². The van der Waals surface area contributed by atoms with E-state index in [-0.39, 0.29) is 11.8 Å². The Kier molecular flexibility index (Phi) is 4.06. The van der Waals surface area contributed by atoms with E-state index in [0.29, 0.717) is 0 Å². The number of benzene rings is 1. The van der Waals surface area contributed by atoms with Crippen LogP contribution in [-0.2, 0) is 17.6 Å². The molecule has 1 aliphatic rings. The van der Waals surface area contributed by atoms with Gasteiger partial charge in [0, 0.05) is 5.92 Å². The zero-order valence-corrected chi connectivity index (χ0v) is 13.5. The second-order valence-corrected chi connectivity index (χ2v) is 6.28. The van der Waals surface area contributed by atoms with E-state index in [0.717, 1.165) is 35.2 Å². The molecule has 1 heterocycles. The summed E-state index contributed by atoms with van der Waals surface area (Å²) in [5.74, 6) is 0.139. The van der Waals surface area contributed by atoms with Gasteiger partial charge in [0.2, 0.25) is 5.91 Å². The number of hydrogen-bond donors (Lipinski definition) is 1. The van der Waals surface area contributed by atoms with Crippen LogP contribution < -0.4 is 5.32 Å². The second kappa shape index (κ2) is 5.98. The van der Waals surface area contributed by atoms with Crippen LogP contribution in [0.25, 0.3) is 0 Å². The lowest BCUT2D eigenvalue weighted by molar-refractivity contribution is -0.120. The summed E-state index contributed by atoms with van der Waals surface area (Å²) in [7, 11) is 0. The average Bonchev–Trinajstić information content (AvgIpc) is 2.49. The molecule has 2 aromatic rings. The Hall–Kier alpha value is -1.68. The van der Waals surface area contributed by atoms with E-state index < -0.39 is 0 Å². The molecule has 0 saturated carbocycles. The van der Waals surface area contributed by atoms with E-state index in [1.165, 1.54) is 11.1 Å². The van der Waals surface area contributed by atoms with Crippen LogP contribution >= 0.6 is 15.9 Å². The first-order chi connectivity index (χ1) is 10.1. The Bertz CT molecular complexity index is 684. The molecule has 3 nitrogen and oxygen atoms in total. The van der Waals surface area contributed by atoms with Crippen molar-refractivity contribution in [1.29, 1.82) is 0 Å². The highest BCUT2D eigenvalue weighted by Gasteiger charge is 2.24. The van der Waals surface area contributed by atoms with Crippen LogP contribution in [-0.4, -0.2) is 10.9 Å². The second-order valence-electron chi connectivity index (χ2n) is 5.46. The lowest BCUT2D eigenvalue weighted by Gasteiger charge is -2.24. The van der Waals surface area contributed by atoms with Gasteiger partial charge in [0.15, 0.2) is 0 Å². The zero-order valence-electron chi connectivity index (χ0n) is 11.9. The molecule has 1 aliphatic carbocycles. The van der Waals surface area contributed by atoms with Crippen LogP contribution in [0, 0.1) is 12.8 Å². The Morgan fingerprint density at radius 3 is 2.76 bits per heavy atom. The largest absolute Gasteiger partial charge is 0.324 e. The highest BCUT2D eigenvalue weighted by molar-refractivity contribution is 9.10. The molecule has 1 aromatic carbocycles. The fourth-order valence-corrected chi connectivity index (χ4v) is 3.22. The molecule has 0 aliphatic heterocycles. The molecule has 3 rings (SSSR count). The van der Waals surface area contributed by atoms with Crippen LogP contribution in [0.4, 0.5) is 5.69 Å². The summed E-state index contributed by atoms with van der Waals surface area (Å²) in [5, 5.41) is 3.02. The van der Waals surface area contributed by atoms with Crippen molar-refractivity contribution in [3.05, 3.63) is 57.8 Å². The van der Waals surface area contributed by atoms with Gasteiger partial charge in [0.05, 0.1) is 11.4 Å². The monoisotopic (exact) mass is 344 g/mol. The molecule has 1 aromatic heterocycles. The topological polar surface area (TPSA) is 42.0 Å². The predicted molar refractivity (Wildman–Crippen MR) is 87.3 cm³/mol. The van der Waals surface area contributed by atoms with Gasteiger partial charge < -0.3 is 5.32 Å². The Morgan fingerprint density at radius 1 is 1.24 bits per heavy atom. The van der Waals surface area contributed by atoms with E-state index in [9.17, 15) is 4.79 Å². The van der Waals surface area contributed by atoms with E-state index in [4.69, 9.17) is 0 Å². The minimum absolute atomic E-state index is 0.0444. The van der Waals surface area contributed by atoms with Gasteiger partial charge in [-0.3, -0.25) is 4.79 Å². The normalized spacial score (nSPS) is 17.1. The molecule has 0 spiro atoms. The van der Waals surface area contributed by atoms with Crippen LogP contribution in [0.3, 0.4) is 0 Å². The van der Waals surface area contributed by atoms with Gasteiger partial charge in [-0.1, -0.05) is 24.3 Å². The lowest BCUT2D eigenvalue weighted by Crippen LogP contribution is -2.28. The molecule has 0 radical (unpaired) electrons. The maximum Gasteiger partial charge on any atom is 0.227 e. The first kappa shape index (κ1) is 14.3. The minimum atomic E-state index is 0.0444. The van der Waals surface area contributed by atoms with Crippen molar-refractivity contribution in [2.45, 2.75) is 26.2 Å². The number of pyridine rings is 1. The number of amides is 1. The molecule has 4 heteroatoms. The number of rotatable bonds is 2. The molecule has 1 atom stereocenters. The van der Waals surface area contributed by atoms with Crippen molar-refractivity contribution in [3.63, 3.8) is 0 Å². The Morgan fingerprint density at radius 2 is 2.00 bits per heavy atom. The number of aryl methyl sites for hydroxylation is 2. The number of halogens is 1. The Labute approximate surface area is 132 Å². The number of nitrogens with one attached hydrogen (secondary N) is 1. The van der Waals surface area contributed by atoms with Gasteiger partial charge >= 0.3 is 0 Å². The van der Waals surface area contributed by atoms with Gasteiger partial charge in [0.1, 0.15) is 4.60 Å². The molecule has 1 amide bonds. The van der Waals surface area contributed by atoms with E-state index >= 15 is 0 Å². The number of nitrogens with zero attached hydrogens (tertiary/aromatic N) is 1. The van der Waals surface area contributed by atoms with Crippen LogP contribution in [0.1, 0.15) is 23.2 Å². The smallest absolute Gasteiger partial charge is 0.227 e. The molecular formula is C17H17BrN2O. The van der Waals surface area contributed by atoms with E-state index in [1.54, 1.807) is 0 Å². The maximum absolute atomic E-state index is 12.5. The van der Waals surface area contributed by atoms with Crippen molar-refractivity contribution in [3.8, 4) is 0 Å². The number of anilines is 1. The van der Waals surface area contributed by atoms with Crippen molar-refractivity contribution < 1.29 is 4.79 Å². The molecule has 1 N–H and O–H groups in total. The van der Waals surface area contributed by atoms with Crippen molar-refractivity contribution in [2.75, 3.05) is 5.32 Å². The number of aromatic nitrogens is 1. The molecule has 108 valence electrons. The minimum Gasteiger partial charge on any atom is -0.324 e. The number of carbonyl (C=O) groups is 1. The molecule has 0 fully saturated rings. The fourth-order valence-electron chi connectivity index (χ4n) is 2.82. The summed E-state index contributed by atoms with van der Waals surface area (Å²) >= 11 is 3.33. The van der Waals surface area contributed by atoms with Crippen molar-refractivity contribution in [2.24, 2.45) is 5.92 Å². The molecule has 1 unspecified atom stereocenters. The maximum atomic E-state index is 12.5. The van der Waals surface area contributed by atoms with E-state index in [2.05, 4.69) is 44.4 Å². The lowest BCUT2D eigenvalue weighted by atomic mass is 9.83. The van der Waals surface area contributed by atoms with Crippen LogP contribution in [0.15, 0.2) is 41.0 Å². The highest BCUT2D eigenvalue weighted by Crippen LogP contribution is 2.27. The molecule has 21 heavy (non-hydrogen) atoms. The standard InChI is InChI=1S/C17H17BrN2O/c1-11-15(8-9-16(18)19-11)20-17(21)14-7-6-12-4-2-3-5-13(12)10-14/h2-5,8-9,14H,6-7,10H2,1H3,(H,20,21). The summed E-state index contributed by atoms with van der Waals surface area (Å²) in [6.07, 6.45) is 2.71. The van der Waals surface area contributed by atoms with Gasteiger partial charge in [-0.05, 0) is 65.4 Å². The summed E-state index contributed by atoms with van der Waals surface area (Å²) in [4.78, 5) is 16.8. The van der Waals surface area contributed by atoms with Gasteiger partial charge in [0.25, 0.3) is 0 Å². The summed E-state index contributed by atoms with van der Waals surface area (Å²) in [6.45, 7) is 1.90. The third-order valence-corrected chi connectivity index (χ3v) is 4.47. The first-order valence-corrected chi connectivity index (χ1v) is 7.93. The molecule has 0 bridgehead atoms. The predicted octanol–water partition coefficient (Wildman–Crippen LogP) is 3.90. The van der Waals surface area contributed by atoms with Gasteiger partial charge in [-0.25, -0.2) is 4.98 Å². The van der Waals surface area contributed by atoms with Gasteiger partial charge in [-0.2, -0.15) is 0 Å². The summed E-state index contributed by atoms with van der Waals surface area (Å²) in [5.41, 5.74) is 4.30. The average molecular weight is 345 g/mol. The Balaban J connectivity index is 1.72. The SMILES string of the molecule is Cc1nc(Br)ccc1NC(=O)C1CCc2ccccc2C1. The molecule has 0 saturated heterocycles.